The highest BCUT2D eigenvalue weighted by Crippen LogP contribution is 2.26. The maximum absolute atomic E-state index is 4.64. The maximum atomic E-state index is 4.64. The third-order valence-corrected chi connectivity index (χ3v) is 4.89. The van der Waals surface area contributed by atoms with Crippen LogP contribution in [-0.2, 0) is 0 Å². The first-order valence-corrected chi connectivity index (χ1v) is 7.93. The van der Waals surface area contributed by atoms with E-state index < -0.39 is 0 Å². The molecule has 2 fully saturated rings. The number of nitrogens with one attached hydrogen (secondary N) is 1. The van der Waals surface area contributed by atoms with Crippen LogP contribution in [0.25, 0.3) is 0 Å². The summed E-state index contributed by atoms with van der Waals surface area (Å²) in [6.07, 6.45) is 2.64. The lowest BCUT2D eigenvalue weighted by molar-refractivity contribution is 0.380. The van der Waals surface area contributed by atoms with Crippen LogP contribution in [0.4, 0.5) is 0 Å². The molecule has 2 aliphatic rings. The molecule has 4 heteroatoms. The number of rotatable bonds is 3. The Balaban J connectivity index is 1.94. The zero-order valence-corrected chi connectivity index (χ0v) is 12.1. The highest BCUT2D eigenvalue weighted by atomic mass is 32.2. The Kier molecular flexibility index (Phi) is 4.60. The van der Waals surface area contributed by atoms with Crippen LogP contribution in [0, 0.1) is 5.92 Å². The average molecular weight is 255 g/mol. The van der Waals surface area contributed by atoms with Crippen LogP contribution >= 0.6 is 11.8 Å². The van der Waals surface area contributed by atoms with Gasteiger partial charge in [-0.3, -0.25) is 4.99 Å². The van der Waals surface area contributed by atoms with E-state index in [0.717, 1.165) is 36.8 Å². The van der Waals surface area contributed by atoms with Crippen LogP contribution in [0.5, 0.6) is 0 Å². The molecule has 0 amide bonds. The van der Waals surface area contributed by atoms with Gasteiger partial charge in [-0.2, -0.15) is 11.8 Å². The first-order chi connectivity index (χ1) is 8.20. The average Bonchev–Trinajstić information content (AvgIpc) is 3.12. The topological polar surface area (TPSA) is 27.6 Å². The van der Waals surface area contributed by atoms with Crippen molar-refractivity contribution in [1.29, 1.82) is 0 Å². The molecule has 2 rings (SSSR count). The molecule has 0 radical (unpaired) electrons. The third kappa shape index (κ3) is 3.80. The van der Waals surface area contributed by atoms with E-state index in [2.05, 4.69) is 47.7 Å². The van der Waals surface area contributed by atoms with E-state index in [4.69, 9.17) is 0 Å². The van der Waals surface area contributed by atoms with Gasteiger partial charge in [0, 0.05) is 36.7 Å². The normalized spacial score (nSPS) is 26.5. The highest BCUT2D eigenvalue weighted by Gasteiger charge is 2.28. The maximum Gasteiger partial charge on any atom is 0.194 e. The smallest absolute Gasteiger partial charge is 0.194 e. The minimum atomic E-state index is 0.701. The van der Waals surface area contributed by atoms with Gasteiger partial charge in [-0.1, -0.05) is 13.8 Å². The van der Waals surface area contributed by atoms with Gasteiger partial charge in [0.05, 0.1) is 0 Å². The minimum absolute atomic E-state index is 0.701. The summed E-state index contributed by atoms with van der Waals surface area (Å²) in [6, 6.07) is 0.701. The van der Waals surface area contributed by atoms with E-state index in [1.54, 1.807) is 0 Å². The molecule has 0 aromatic rings. The second kappa shape index (κ2) is 5.98. The summed E-state index contributed by atoms with van der Waals surface area (Å²) in [5, 5.41) is 4.34. The SMILES string of the molecule is CCN=C(NC1CC1)N1CCSC(C(C)C)C1. The summed E-state index contributed by atoms with van der Waals surface area (Å²) in [5.41, 5.74) is 0. The van der Waals surface area contributed by atoms with Gasteiger partial charge in [-0.15, -0.1) is 0 Å². The zero-order chi connectivity index (χ0) is 12.3. The second-order valence-electron chi connectivity index (χ2n) is 5.32. The first kappa shape index (κ1) is 13.1. The molecule has 17 heavy (non-hydrogen) atoms. The van der Waals surface area contributed by atoms with E-state index in [9.17, 15) is 0 Å². The summed E-state index contributed by atoms with van der Waals surface area (Å²) in [4.78, 5) is 7.11. The summed E-state index contributed by atoms with van der Waals surface area (Å²) < 4.78 is 0. The van der Waals surface area contributed by atoms with E-state index in [-0.39, 0.29) is 0 Å². The van der Waals surface area contributed by atoms with Crippen molar-refractivity contribution < 1.29 is 0 Å². The van der Waals surface area contributed by atoms with Crippen molar-refractivity contribution in [2.24, 2.45) is 10.9 Å². The third-order valence-electron chi connectivity index (χ3n) is 3.36. The lowest BCUT2D eigenvalue weighted by Crippen LogP contribution is -2.49. The van der Waals surface area contributed by atoms with Gasteiger partial charge in [-0.25, -0.2) is 0 Å². The van der Waals surface area contributed by atoms with Crippen molar-refractivity contribution in [3.8, 4) is 0 Å². The van der Waals surface area contributed by atoms with E-state index in [1.807, 2.05) is 0 Å². The molecule has 1 N–H and O–H groups in total. The van der Waals surface area contributed by atoms with Crippen molar-refractivity contribution in [3.63, 3.8) is 0 Å². The van der Waals surface area contributed by atoms with E-state index in [0.29, 0.717) is 6.04 Å². The van der Waals surface area contributed by atoms with Crippen LogP contribution in [-0.4, -0.2) is 47.5 Å². The van der Waals surface area contributed by atoms with Gasteiger partial charge < -0.3 is 10.2 Å². The van der Waals surface area contributed by atoms with E-state index >= 15 is 0 Å². The largest absolute Gasteiger partial charge is 0.354 e. The number of thioether (sulfide) groups is 1. The number of hydrogen-bond acceptors (Lipinski definition) is 2. The number of nitrogens with zero attached hydrogens (tertiary/aromatic N) is 2. The summed E-state index contributed by atoms with van der Waals surface area (Å²) in [7, 11) is 0. The molecule has 1 aliphatic heterocycles. The molecule has 1 aliphatic carbocycles. The Hall–Kier alpha value is -0.380. The molecule has 1 unspecified atom stereocenters. The zero-order valence-electron chi connectivity index (χ0n) is 11.3. The van der Waals surface area contributed by atoms with Crippen molar-refractivity contribution >= 4 is 17.7 Å². The van der Waals surface area contributed by atoms with Crippen LogP contribution in [0.3, 0.4) is 0 Å². The lowest BCUT2D eigenvalue weighted by Gasteiger charge is -2.36. The molecule has 1 atom stereocenters. The molecule has 98 valence electrons. The highest BCUT2D eigenvalue weighted by molar-refractivity contribution is 8.00. The Morgan fingerprint density at radius 1 is 1.47 bits per heavy atom. The fraction of sp³-hybridized carbons (Fsp3) is 0.923. The minimum Gasteiger partial charge on any atom is -0.354 e. The van der Waals surface area contributed by atoms with Gasteiger partial charge in [0.1, 0.15) is 0 Å². The standard InChI is InChI=1S/C13H25N3S/c1-4-14-13(15-11-5-6-11)16-7-8-17-12(9-16)10(2)3/h10-12H,4-9H2,1-3H3,(H,14,15). The van der Waals surface area contributed by atoms with Crippen molar-refractivity contribution in [2.75, 3.05) is 25.4 Å². The Labute approximate surface area is 109 Å². The lowest BCUT2D eigenvalue weighted by atomic mass is 10.1. The molecule has 0 spiro atoms. The summed E-state index contributed by atoms with van der Waals surface area (Å²) in [6.45, 7) is 9.95. The molecule has 1 heterocycles. The molecule has 3 nitrogen and oxygen atoms in total. The fourth-order valence-corrected chi connectivity index (χ4v) is 3.37. The Morgan fingerprint density at radius 2 is 2.24 bits per heavy atom. The summed E-state index contributed by atoms with van der Waals surface area (Å²) in [5.74, 6) is 3.14. The quantitative estimate of drug-likeness (QED) is 0.619. The molecular formula is C13H25N3S. The van der Waals surface area contributed by atoms with Gasteiger partial charge in [0.25, 0.3) is 0 Å². The van der Waals surface area contributed by atoms with E-state index in [1.165, 1.54) is 18.6 Å². The fourth-order valence-electron chi connectivity index (χ4n) is 2.07. The Morgan fingerprint density at radius 3 is 2.82 bits per heavy atom. The molecule has 0 aromatic carbocycles. The molecule has 1 saturated carbocycles. The molecule has 0 bridgehead atoms. The van der Waals surface area contributed by atoms with Gasteiger partial charge >= 0.3 is 0 Å². The summed E-state index contributed by atoms with van der Waals surface area (Å²) >= 11 is 2.12. The number of hydrogen-bond donors (Lipinski definition) is 1. The van der Waals surface area contributed by atoms with Crippen LogP contribution in [0.1, 0.15) is 33.6 Å². The monoisotopic (exact) mass is 255 g/mol. The van der Waals surface area contributed by atoms with Crippen molar-refractivity contribution in [1.82, 2.24) is 10.2 Å². The first-order valence-electron chi connectivity index (χ1n) is 6.88. The van der Waals surface area contributed by atoms with Gasteiger partial charge in [0.2, 0.25) is 0 Å². The van der Waals surface area contributed by atoms with Crippen LogP contribution in [0.2, 0.25) is 0 Å². The van der Waals surface area contributed by atoms with Crippen LogP contribution < -0.4 is 5.32 Å². The van der Waals surface area contributed by atoms with Crippen molar-refractivity contribution in [2.45, 2.75) is 44.9 Å². The number of aliphatic imine (C=N–C) groups is 1. The second-order valence-corrected chi connectivity index (χ2v) is 6.66. The Bertz CT molecular complexity index is 274. The van der Waals surface area contributed by atoms with Crippen LogP contribution in [0.15, 0.2) is 4.99 Å². The number of guanidine groups is 1. The van der Waals surface area contributed by atoms with Gasteiger partial charge in [0.15, 0.2) is 5.96 Å². The predicted octanol–water partition coefficient (Wildman–Crippen LogP) is 2.19. The predicted molar refractivity (Wildman–Crippen MR) is 76.8 cm³/mol. The molecular weight excluding hydrogens is 230 g/mol. The molecule has 0 aromatic heterocycles. The van der Waals surface area contributed by atoms with Crippen molar-refractivity contribution in [3.05, 3.63) is 0 Å². The molecule has 1 saturated heterocycles. The van der Waals surface area contributed by atoms with Gasteiger partial charge in [-0.05, 0) is 25.7 Å².